The number of anilines is 2. The summed E-state index contributed by atoms with van der Waals surface area (Å²) in [5, 5.41) is 12.2. The Kier molecular flexibility index (Phi) is 6.82. The van der Waals surface area contributed by atoms with Gasteiger partial charge in [0.1, 0.15) is 0 Å². The highest BCUT2D eigenvalue weighted by Crippen LogP contribution is 2.21. The summed E-state index contributed by atoms with van der Waals surface area (Å²) in [5.41, 5.74) is 2.27. The number of carbonyl (C=O) groups is 1. The van der Waals surface area contributed by atoms with Gasteiger partial charge in [0.15, 0.2) is 11.6 Å². The van der Waals surface area contributed by atoms with Crippen molar-refractivity contribution in [2.45, 2.75) is 57.9 Å². The first kappa shape index (κ1) is 20.6. The fraction of sp³-hybridized carbons (Fsp3) is 0.542. The molecule has 2 fully saturated rings. The van der Waals surface area contributed by atoms with Gasteiger partial charge in [-0.2, -0.15) is 0 Å². The highest BCUT2D eigenvalue weighted by molar-refractivity contribution is 5.79. The second-order valence-electron chi connectivity index (χ2n) is 8.58. The minimum Gasteiger partial charge on any atom is -0.355 e. The largest absolute Gasteiger partial charge is 0.355 e. The van der Waals surface area contributed by atoms with E-state index in [-0.39, 0.29) is 11.9 Å². The molecule has 0 unspecified atom stereocenters. The molecule has 0 atom stereocenters. The lowest BCUT2D eigenvalue weighted by atomic mass is 10.0. The van der Waals surface area contributed by atoms with E-state index < -0.39 is 0 Å². The van der Waals surface area contributed by atoms with Crippen LogP contribution in [0.25, 0.3) is 0 Å². The molecule has 160 valence electrons. The van der Waals surface area contributed by atoms with Crippen LogP contribution >= 0.6 is 0 Å². The van der Waals surface area contributed by atoms with Gasteiger partial charge in [0, 0.05) is 32.2 Å². The van der Waals surface area contributed by atoms with Gasteiger partial charge >= 0.3 is 0 Å². The summed E-state index contributed by atoms with van der Waals surface area (Å²) in [5.74, 6) is 2.06. The van der Waals surface area contributed by atoms with Crippen molar-refractivity contribution >= 4 is 17.5 Å². The van der Waals surface area contributed by atoms with Gasteiger partial charge in [0.05, 0.1) is 6.42 Å². The molecular formula is C24H33N5O. The number of aromatic nitrogens is 2. The molecule has 3 heterocycles. The Balaban J connectivity index is 1.26. The van der Waals surface area contributed by atoms with Crippen molar-refractivity contribution in [3.05, 3.63) is 47.5 Å². The molecule has 0 radical (unpaired) electrons. The molecule has 2 aliphatic rings. The summed E-state index contributed by atoms with van der Waals surface area (Å²) in [6.07, 6.45) is 7.45. The predicted octanol–water partition coefficient (Wildman–Crippen LogP) is 3.49. The van der Waals surface area contributed by atoms with E-state index in [1.807, 2.05) is 18.2 Å². The number of hydrogen-bond donors (Lipinski definition) is 1. The van der Waals surface area contributed by atoms with Crippen LogP contribution < -0.4 is 15.1 Å². The zero-order chi connectivity index (χ0) is 20.8. The molecule has 2 saturated heterocycles. The number of nitrogens with zero attached hydrogens (tertiary/aromatic N) is 4. The van der Waals surface area contributed by atoms with E-state index >= 15 is 0 Å². The van der Waals surface area contributed by atoms with Crippen LogP contribution in [0.15, 0.2) is 36.4 Å². The predicted molar refractivity (Wildman–Crippen MR) is 121 cm³/mol. The third-order valence-electron chi connectivity index (χ3n) is 6.36. The van der Waals surface area contributed by atoms with Crippen molar-refractivity contribution in [2.24, 2.45) is 0 Å². The summed E-state index contributed by atoms with van der Waals surface area (Å²) in [6.45, 7) is 6.02. The Labute approximate surface area is 179 Å². The minimum atomic E-state index is 0.115. The van der Waals surface area contributed by atoms with Crippen LogP contribution in [0.4, 0.5) is 11.6 Å². The first-order chi connectivity index (χ1) is 14.7. The van der Waals surface area contributed by atoms with Gasteiger partial charge in [-0.25, -0.2) is 0 Å². The summed E-state index contributed by atoms with van der Waals surface area (Å²) < 4.78 is 0. The molecule has 1 aromatic carbocycles. The zero-order valence-electron chi connectivity index (χ0n) is 18.0. The van der Waals surface area contributed by atoms with Gasteiger partial charge in [-0.1, -0.05) is 37.1 Å². The summed E-state index contributed by atoms with van der Waals surface area (Å²) in [6, 6.07) is 12.5. The molecule has 1 amide bonds. The maximum absolute atomic E-state index is 12.4. The molecule has 1 aromatic heterocycles. The second-order valence-corrected chi connectivity index (χ2v) is 8.58. The lowest BCUT2D eigenvalue weighted by Crippen LogP contribution is -2.45. The van der Waals surface area contributed by atoms with Crippen LogP contribution in [0.1, 0.15) is 49.7 Å². The van der Waals surface area contributed by atoms with E-state index in [4.69, 9.17) is 0 Å². The number of amides is 1. The highest BCUT2D eigenvalue weighted by atomic mass is 16.1. The molecule has 1 N–H and O–H groups in total. The standard InChI is InChI=1S/C24H33N5O/c1-19-8-4-5-9-20(19)18-24(30)25-21-12-16-29(17-13-21)23-11-10-22(26-27-23)28-14-6-2-3-7-15-28/h4-5,8-11,21H,2-3,6-7,12-18H2,1H3,(H,25,30). The molecule has 2 aromatic rings. The second kappa shape index (κ2) is 9.92. The Morgan fingerprint density at radius 3 is 2.10 bits per heavy atom. The van der Waals surface area contributed by atoms with E-state index in [0.29, 0.717) is 6.42 Å². The Bertz CT molecular complexity index is 822. The first-order valence-electron chi connectivity index (χ1n) is 11.4. The maximum Gasteiger partial charge on any atom is 0.224 e. The monoisotopic (exact) mass is 407 g/mol. The van der Waals surface area contributed by atoms with Gasteiger partial charge in [0.2, 0.25) is 5.91 Å². The summed E-state index contributed by atoms with van der Waals surface area (Å²) in [4.78, 5) is 17.1. The SMILES string of the molecule is Cc1ccccc1CC(=O)NC1CCN(c2ccc(N3CCCCCC3)nn2)CC1. The fourth-order valence-electron chi connectivity index (χ4n) is 4.47. The van der Waals surface area contributed by atoms with Crippen LogP contribution in [0.3, 0.4) is 0 Å². The molecule has 0 aliphatic carbocycles. The molecule has 0 spiro atoms. The van der Waals surface area contributed by atoms with Crippen molar-refractivity contribution in [3.8, 4) is 0 Å². The van der Waals surface area contributed by atoms with Gasteiger partial charge in [-0.15, -0.1) is 10.2 Å². The molecule has 6 nitrogen and oxygen atoms in total. The van der Waals surface area contributed by atoms with Gasteiger partial charge in [-0.05, 0) is 55.9 Å². The van der Waals surface area contributed by atoms with E-state index in [1.54, 1.807) is 0 Å². The third-order valence-corrected chi connectivity index (χ3v) is 6.36. The Morgan fingerprint density at radius 1 is 0.900 bits per heavy atom. The van der Waals surface area contributed by atoms with Crippen LogP contribution in [-0.2, 0) is 11.2 Å². The summed E-state index contributed by atoms with van der Waals surface area (Å²) >= 11 is 0. The number of rotatable bonds is 5. The van der Waals surface area contributed by atoms with Crippen molar-refractivity contribution < 1.29 is 4.79 Å². The number of nitrogens with one attached hydrogen (secondary N) is 1. The Morgan fingerprint density at radius 2 is 1.50 bits per heavy atom. The van der Waals surface area contributed by atoms with Crippen LogP contribution in [0, 0.1) is 6.92 Å². The topological polar surface area (TPSA) is 61.4 Å². The van der Waals surface area contributed by atoms with Crippen molar-refractivity contribution in [3.63, 3.8) is 0 Å². The average Bonchev–Trinajstić information content (AvgIpc) is 3.06. The first-order valence-corrected chi connectivity index (χ1v) is 11.4. The number of hydrogen-bond acceptors (Lipinski definition) is 5. The van der Waals surface area contributed by atoms with Crippen molar-refractivity contribution in [1.82, 2.24) is 15.5 Å². The lowest BCUT2D eigenvalue weighted by Gasteiger charge is -2.33. The van der Waals surface area contributed by atoms with E-state index in [9.17, 15) is 4.79 Å². The molecule has 0 saturated carbocycles. The fourth-order valence-corrected chi connectivity index (χ4v) is 4.47. The Hall–Kier alpha value is -2.63. The molecular weight excluding hydrogens is 374 g/mol. The summed E-state index contributed by atoms with van der Waals surface area (Å²) in [7, 11) is 0. The lowest BCUT2D eigenvalue weighted by molar-refractivity contribution is -0.121. The quantitative estimate of drug-likeness (QED) is 0.822. The van der Waals surface area contributed by atoms with E-state index in [0.717, 1.165) is 56.2 Å². The average molecular weight is 408 g/mol. The van der Waals surface area contributed by atoms with Gasteiger partial charge in [0.25, 0.3) is 0 Å². The molecule has 6 heteroatoms. The molecule has 0 bridgehead atoms. The third kappa shape index (κ3) is 5.29. The normalized spacial score (nSPS) is 18.2. The number of piperidine rings is 1. The number of aryl methyl sites for hydroxylation is 1. The number of carbonyl (C=O) groups excluding carboxylic acids is 1. The highest BCUT2D eigenvalue weighted by Gasteiger charge is 2.22. The maximum atomic E-state index is 12.4. The van der Waals surface area contributed by atoms with Crippen LogP contribution in [-0.4, -0.2) is 48.3 Å². The van der Waals surface area contributed by atoms with Gasteiger partial charge in [-0.3, -0.25) is 4.79 Å². The minimum absolute atomic E-state index is 0.115. The molecule has 4 rings (SSSR count). The molecule has 2 aliphatic heterocycles. The van der Waals surface area contributed by atoms with Crippen LogP contribution in [0.2, 0.25) is 0 Å². The number of benzene rings is 1. The van der Waals surface area contributed by atoms with Crippen molar-refractivity contribution in [1.29, 1.82) is 0 Å². The van der Waals surface area contributed by atoms with Crippen molar-refractivity contribution in [2.75, 3.05) is 36.0 Å². The van der Waals surface area contributed by atoms with E-state index in [1.165, 1.54) is 31.2 Å². The van der Waals surface area contributed by atoms with Crippen LogP contribution in [0.5, 0.6) is 0 Å². The van der Waals surface area contributed by atoms with E-state index in [2.05, 4.69) is 50.4 Å². The van der Waals surface area contributed by atoms with Gasteiger partial charge < -0.3 is 15.1 Å². The smallest absolute Gasteiger partial charge is 0.224 e. The molecule has 30 heavy (non-hydrogen) atoms. The zero-order valence-corrected chi connectivity index (χ0v) is 18.0.